The molecule has 27 nitrogen and oxygen atoms in total. The van der Waals surface area contributed by atoms with E-state index in [1.807, 2.05) is 0 Å². The molecule has 81 heavy (non-hydrogen) atoms. The van der Waals surface area contributed by atoms with Gasteiger partial charge in [-0.15, -0.1) is 11.8 Å². The number of pyridine rings is 1. The maximum atomic E-state index is 14.3. The third-order valence-corrected chi connectivity index (χ3v) is 17.2. The van der Waals surface area contributed by atoms with E-state index in [9.17, 15) is 62.0 Å². The van der Waals surface area contributed by atoms with Gasteiger partial charge in [0.05, 0.1) is 55.9 Å². The molecule has 2 aromatic carbocycles. The van der Waals surface area contributed by atoms with Gasteiger partial charge in [0.25, 0.3) is 20.0 Å². The zero-order valence-electron chi connectivity index (χ0n) is 43.1. The van der Waals surface area contributed by atoms with Gasteiger partial charge in [-0.2, -0.15) is 46.5 Å². The fraction of sp³-hybridized carbons (Fsp3) is 0.341. The van der Waals surface area contributed by atoms with Gasteiger partial charge in [-0.1, -0.05) is 36.7 Å². The monoisotopic (exact) mass is 1250 g/mol. The molecule has 4 amide bonds. The summed E-state index contributed by atoms with van der Waals surface area (Å²) in [5.74, 6) is -1.49. The first-order chi connectivity index (χ1) is 38.1. The zero-order valence-corrected chi connectivity index (χ0v) is 47.9. The lowest BCUT2D eigenvalue weighted by Crippen LogP contribution is -2.36. The number of esters is 1. The number of nitrogens with one attached hydrogen (secondary N) is 4. The van der Waals surface area contributed by atoms with E-state index >= 15 is 0 Å². The van der Waals surface area contributed by atoms with E-state index in [0.29, 0.717) is 22.8 Å². The Hall–Kier alpha value is -7.54. The van der Waals surface area contributed by atoms with Crippen molar-refractivity contribution in [2.45, 2.75) is 78.5 Å². The molecule has 4 N–H and O–H groups in total. The molecule has 0 radical (unpaired) electrons. The van der Waals surface area contributed by atoms with E-state index in [2.05, 4.69) is 50.3 Å². The minimum absolute atomic E-state index is 0.0605. The van der Waals surface area contributed by atoms with Gasteiger partial charge in [0.15, 0.2) is 14.9 Å². The van der Waals surface area contributed by atoms with Crippen LogP contribution in [0.2, 0.25) is 5.02 Å². The zero-order chi connectivity index (χ0) is 59.9. The van der Waals surface area contributed by atoms with Crippen LogP contribution >= 0.6 is 34.7 Å². The number of halogens is 5. The number of fused-ring (bicyclic) bond motifs is 1. The van der Waals surface area contributed by atoms with Gasteiger partial charge in [-0.3, -0.25) is 24.9 Å². The number of sulfone groups is 1. The van der Waals surface area contributed by atoms with E-state index in [1.54, 1.807) is 18.8 Å². The lowest BCUT2D eigenvalue weighted by molar-refractivity contribution is -0.137. The van der Waals surface area contributed by atoms with Crippen LogP contribution in [0.4, 0.5) is 44.7 Å². The first-order valence-electron chi connectivity index (χ1n) is 22.9. The van der Waals surface area contributed by atoms with Crippen molar-refractivity contribution in [1.82, 2.24) is 48.7 Å². The number of rotatable bonds is 17. The molecule has 0 aliphatic carbocycles. The lowest BCUT2D eigenvalue weighted by Gasteiger charge is -2.15. The van der Waals surface area contributed by atoms with Crippen LogP contribution in [0, 0.1) is 12.7 Å². The van der Waals surface area contributed by atoms with Crippen molar-refractivity contribution < 1.29 is 76.1 Å². The van der Waals surface area contributed by atoms with Crippen molar-refractivity contribution in [3.8, 4) is 17.8 Å². The molecule has 0 saturated heterocycles. The van der Waals surface area contributed by atoms with Crippen molar-refractivity contribution in [3.05, 3.63) is 97.5 Å². The SMILES string of the molecule is CCS(=O)(=O)c1cccnc1S(=O)(=O)NC(=O)Nc1nc(OC)cc(OC)n1.COC(=O)CSc1cc(/N=c2\sc(=O)n3n2CCCC3)c(F)cc1Cl.COc1nc(C)nc(NC(=O)NS(=O)(=O)c2ccccc2CCC(F)(F)F)n1. The number of benzene rings is 2. The Morgan fingerprint density at radius 2 is 1.41 bits per heavy atom. The second-order valence-electron chi connectivity index (χ2n) is 15.8. The second kappa shape index (κ2) is 28.2. The number of ether oxygens (including phenoxy) is 4. The molecule has 4 aromatic heterocycles. The van der Waals surface area contributed by atoms with E-state index in [0.717, 1.165) is 60.3 Å². The molecule has 0 bridgehead atoms. The number of amides is 4. The van der Waals surface area contributed by atoms with E-state index in [1.165, 1.54) is 78.7 Å². The number of aromatic nitrogens is 8. The molecule has 7 rings (SSSR count). The molecule has 1 aliphatic heterocycles. The average molecular weight is 1250 g/mol. The molecule has 438 valence electrons. The van der Waals surface area contributed by atoms with Gasteiger partial charge in [0.1, 0.15) is 22.2 Å². The van der Waals surface area contributed by atoms with E-state index in [4.69, 9.17) is 25.8 Å². The Morgan fingerprint density at radius 1 is 0.802 bits per heavy atom. The maximum Gasteiger partial charge on any atom is 0.389 e. The topological polar surface area (TPSA) is 355 Å². The second-order valence-corrected chi connectivity index (χ2v) is 23.7. The number of hydrogen-bond acceptors (Lipinski definition) is 23. The highest BCUT2D eigenvalue weighted by Gasteiger charge is 2.30. The number of alkyl halides is 3. The molecule has 6 aromatic rings. The first kappa shape index (κ1) is 64.3. The number of methoxy groups -OCH3 is 4. The highest BCUT2D eigenvalue weighted by atomic mass is 35.5. The maximum absolute atomic E-state index is 14.3. The highest BCUT2D eigenvalue weighted by molar-refractivity contribution is 8.00. The van der Waals surface area contributed by atoms with Crippen LogP contribution in [0.25, 0.3) is 0 Å². The Morgan fingerprint density at radius 3 is 2.01 bits per heavy atom. The predicted octanol–water partition coefficient (Wildman–Crippen LogP) is 5.18. The molecule has 0 fully saturated rings. The summed E-state index contributed by atoms with van der Waals surface area (Å²) < 4.78 is 152. The normalized spacial score (nSPS) is 12.5. The number of urea groups is 2. The Kier molecular flexibility index (Phi) is 22.4. The van der Waals surface area contributed by atoms with Crippen LogP contribution in [-0.4, -0.2) is 129 Å². The minimum atomic E-state index is -4.61. The summed E-state index contributed by atoms with van der Waals surface area (Å²) in [6, 6.07) is 8.93. The number of carbonyl (C=O) groups excluding carboxylic acids is 3. The summed E-state index contributed by atoms with van der Waals surface area (Å²) in [6.07, 6.45) is -3.21. The van der Waals surface area contributed by atoms with Crippen LogP contribution in [0.15, 0.2) is 90.3 Å². The summed E-state index contributed by atoms with van der Waals surface area (Å²) in [6.45, 7) is 4.18. The fourth-order valence-corrected chi connectivity index (χ4v) is 12.2. The third-order valence-electron chi connectivity index (χ3n) is 10.2. The molecular weight excluding hydrogens is 1210 g/mol. The molecule has 0 spiro atoms. The Labute approximate surface area is 472 Å². The smallest absolute Gasteiger partial charge is 0.389 e. The molecule has 5 heterocycles. The Bertz CT molecular complexity index is 3740. The number of nitrogens with zero attached hydrogens (tertiary/aromatic N) is 9. The predicted molar refractivity (Wildman–Crippen MR) is 283 cm³/mol. The summed E-state index contributed by atoms with van der Waals surface area (Å²) in [4.78, 5) is 74.2. The van der Waals surface area contributed by atoms with Gasteiger partial charge >= 0.3 is 35.1 Å². The highest BCUT2D eigenvalue weighted by Crippen LogP contribution is 2.33. The van der Waals surface area contributed by atoms with Crippen molar-refractivity contribution >= 4 is 100 Å². The molecule has 1 aliphatic rings. The number of sulfonamides is 2. The molecular formula is C44H48ClF4N13O14S5. The Balaban J connectivity index is 0.000000223. The third kappa shape index (κ3) is 18.5. The summed E-state index contributed by atoms with van der Waals surface area (Å²) in [5.41, 5.74) is 0.0114. The summed E-state index contributed by atoms with van der Waals surface area (Å²) in [5, 5.41) is 3.61. The molecule has 0 saturated carbocycles. The van der Waals surface area contributed by atoms with Crippen LogP contribution in [-0.2, 0) is 58.9 Å². The van der Waals surface area contributed by atoms with E-state index < -0.39 is 87.6 Å². The van der Waals surface area contributed by atoms with Crippen LogP contribution in [0.1, 0.15) is 37.6 Å². The van der Waals surface area contributed by atoms with Crippen molar-refractivity contribution in [1.29, 1.82) is 0 Å². The molecule has 37 heteroatoms. The van der Waals surface area contributed by atoms with Crippen molar-refractivity contribution in [2.24, 2.45) is 4.99 Å². The van der Waals surface area contributed by atoms with Gasteiger partial charge in [0.2, 0.25) is 28.5 Å². The van der Waals surface area contributed by atoms with Gasteiger partial charge in [0, 0.05) is 30.6 Å². The van der Waals surface area contributed by atoms with Gasteiger partial charge in [-0.05, 0) is 73.4 Å². The van der Waals surface area contributed by atoms with Gasteiger partial charge < -0.3 is 18.9 Å². The largest absolute Gasteiger partial charge is 0.481 e. The minimum Gasteiger partial charge on any atom is -0.481 e. The molecule has 0 unspecified atom stereocenters. The van der Waals surface area contributed by atoms with Crippen molar-refractivity contribution in [2.75, 3.05) is 50.6 Å². The fourth-order valence-electron chi connectivity index (χ4n) is 6.52. The van der Waals surface area contributed by atoms with Crippen LogP contribution in [0.3, 0.4) is 0 Å². The van der Waals surface area contributed by atoms with E-state index in [-0.39, 0.29) is 68.1 Å². The van der Waals surface area contributed by atoms with Crippen molar-refractivity contribution in [3.63, 3.8) is 0 Å². The number of hydrogen-bond donors (Lipinski definition) is 4. The number of thioether (sulfide) groups is 1. The van der Waals surface area contributed by atoms with Crippen LogP contribution in [0.5, 0.6) is 17.8 Å². The summed E-state index contributed by atoms with van der Waals surface area (Å²) >= 11 is 8.17. The quantitative estimate of drug-likeness (QED) is 0.0519. The average Bonchev–Trinajstić information content (AvgIpc) is 3.81. The standard InChI is InChI=1S/C15H15ClFN3O3S2.C15H16F3N5O4S.C14H17N5O7S2/c1-23-13(21)8-24-12-7-11(10(17)6-9(12)16)18-14-19-4-2-3-5-20(19)15(22)25-14;1-9-19-12(22-14(20-9)27-2)21-13(24)23-28(25,26)11-6-4-3-5-10(11)7-8-15(16,17)18;1-4-27(21,22)9-6-5-7-15-12(9)28(23,24)19-14(20)18-13-16-10(25-2)8-11(17-13)26-3/h6-7H,2-5,8H2,1H3;3-6H,7-8H2,1-2H3,(H2,19,20,21,22,23,24);5-8H,4H2,1-3H3,(H2,16,17,18,19,20)/b18-14-;;. The van der Waals surface area contributed by atoms with Gasteiger partial charge in [-0.25, -0.2) is 54.9 Å². The first-order valence-corrected chi connectivity index (χ1v) is 29.7. The van der Waals surface area contributed by atoms with Crippen LogP contribution < -0.4 is 44.0 Å². The molecule has 0 atom stereocenters. The number of anilines is 2. The summed E-state index contributed by atoms with van der Waals surface area (Å²) in [7, 11) is -7.69. The number of aryl methyl sites for hydroxylation is 2. The lowest BCUT2D eigenvalue weighted by atomic mass is 10.1. The number of carbonyl (C=O) groups is 3.